The van der Waals surface area contributed by atoms with Gasteiger partial charge < -0.3 is 15.0 Å². The second-order valence-corrected chi connectivity index (χ2v) is 5.90. The molecule has 0 aromatic rings. The molecule has 0 bridgehead atoms. The summed E-state index contributed by atoms with van der Waals surface area (Å²) in [4.78, 5) is 16.9. The van der Waals surface area contributed by atoms with Crippen molar-refractivity contribution in [3.63, 3.8) is 0 Å². The van der Waals surface area contributed by atoms with E-state index < -0.39 is 0 Å². The minimum absolute atomic E-state index is 0.0181. The molecule has 116 valence electrons. The lowest BCUT2D eigenvalue weighted by Gasteiger charge is -2.35. The molecule has 2 fully saturated rings. The molecule has 2 saturated heterocycles. The summed E-state index contributed by atoms with van der Waals surface area (Å²) in [5.74, 6) is 0.264. The van der Waals surface area contributed by atoms with E-state index in [0.717, 1.165) is 39.1 Å². The third-order valence-corrected chi connectivity index (χ3v) is 4.36. The number of nitrogens with one attached hydrogen (secondary N) is 1. The van der Waals surface area contributed by atoms with Gasteiger partial charge in [0.1, 0.15) is 0 Å². The van der Waals surface area contributed by atoms with Gasteiger partial charge in [0, 0.05) is 25.7 Å². The van der Waals surface area contributed by atoms with Gasteiger partial charge in [-0.3, -0.25) is 9.69 Å². The van der Waals surface area contributed by atoms with Gasteiger partial charge in [0.05, 0.1) is 19.3 Å². The highest BCUT2D eigenvalue weighted by atomic mass is 16.5. The monoisotopic (exact) mass is 283 g/mol. The zero-order chi connectivity index (χ0) is 14.4. The third-order valence-electron chi connectivity index (χ3n) is 4.36. The third kappa shape index (κ3) is 4.17. The number of hydrogen-bond acceptors (Lipinski definition) is 4. The van der Waals surface area contributed by atoms with Crippen LogP contribution in [0.3, 0.4) is 0 Å². The Hall–Kier alpha value is -0.650. The Morgan fingerprint density at radius 1 is 1.45 bits per heavy atom. The molecule has 0 aromatic carbocycles. The highest BCUT2D eigenvalue weighted by Crippen LogP contribution is 2.12. The molecule has 2 atom stereocenters. The van der Waals surface area contributed by atoms with Gasteiger partial charge in [0.2, 0.25) is 5.91 Å². The second-order valence-electron chi connectivity index (χ2n) is 5.90. The van der Waals surface area contributed by atoms with Gasteiger partial charge >= 0.3 is 0 Å². The van der Waals surface area contributed by atoms with Crippen LogP contribution in [-0.2, 0) is 9.53 Å². The van der Waals surface area contributed by atoms with Crippen LogP contribution in [0.4, 0.5) is 0 Å². The lowest BCUT2D eigenvalue weighted by Crippen LogP contribution is -2.53. The fraction of sp³-hybridized carbons (Fsp3) is 0.933. The molecule has 5 nitrogen and oxygen atoms in total. The number of nitrogens with zero attached hydrogens (tertiary/aromatic N) is 2. The van der Waals surface area contributed by atoms with Crippen LogP contribution in [0.25, 0.3) is 0 Å². The van der Waals surface area contributed by atoms with Crippen molar-refractivity contribution in [2.45, 2.75) is 45.2 Å². The number of morpholine rings is 1. The van der Waals surface area contributed by atoms with Gasteiger partial charge in [0.15, 0.2) is 0 Å². The Morgan fingerprint density at radius 3 is 2.80 bits per heavy atom. The van der Waals surface area contributed by atoms with Crippen LogP contribution in [0.1, 0.15) is 33.1 Å². The highest BCUT2D eigenvalue weighted by molar-refractivity contribution is 5.81. The average molecular weight is 283 g/mol. The van der Waals surface area contributed by atoms with E-state index in [2.05, 4.69) is 24.1 Å². The van der Waals surface area contributed by atoms with Gasteiger partial charge in [-0.2, -0.15) is 0 Å². The number of carbonyl (C=O) groups excluding carboxylic acids is 1. The van der Waals surface area contributed by atoms with Gasteiger partial charge in [-0.15, -0.1) is 0 Å². The van der Waals surface area contributed by atoms with Gasteiger partial charge in [-0.05, 0) is 39.3 Å². The molecular weight excluding hydrogens is 254 g/mol. The highest BCUT2D eigenvalue weighted by Gasteiger charge is 2.28. The van der Waals surface area contributed by atoms with E-state index in [9.17, 15) is 4.79 Å². The summed E-state index contributed by atoms with van der Waals surface area (Å²) >= 11 is 0. The fourth-order valence-corrected chi connectivity index (χ4v) is 3.13. The van der Waals surface area contributed by atoms with E-state index in [4.69, 9.17) is 4.74 Å². The van der Waals surface area contributed by atoms with E-state index in [1.807, 2.05) is 4.90 Å². The zero-order valence-electron chi connectivity index (χ0n) is 12.9. The molecule has 0 radical (unpaired) electrons. The second kappa shape index (κ2) is 7.96. The van der Waals surface area contributed by atoms with Crippen molar-refractivity contribution in [1.29, 1.82) is 0 Å². The Bertz CT molecular complexity index is 299. The first-order valence-corrected chi connectivity index (χ1v) is 8.06. The zero-order valence-corrected chi connectivity index (χ0v) is 12.9. The number of hydrogen-bond donors (Lipinski definition) is 1. The van der Waals surface area contributed by atoms with Crippen LogP contribution in [0.2, 0.25) is 0 Å². The molecule has 2 unspecified atom stereocenters. The molecular formula is C15H29N3O2. The number of ether oxygens (including phenoxy) is 1. The molecule has 2 aliphatic heterocycles. The lowest BCUT2D eigenvalue weighted by atomic mass is 10.1. The number of amides is 1. The summed E-state index contributed by atoms with van der Waals surface area (Å²) < 4.78 is 5.33. The maximum Gasteiger partial charge on any atom is 0.239 e. The van der Waals surface area contributed by atoms with Gasteiger partial charge in [-0.1, -0.05) is 6.92 Å². The predicted octanol–water partition coefficient (Wildman–Crippen LogP) is 0.698. The minimum Gasteiger partial charge on any atom is -0.378 e. The van der Waals surface area contributed by atoms with Crippen molar-refractivity contribution in [2.75, 3.05) is 45.9 Å². The van der Waals surface area contributed by atoms with Crippen LogP contribution >= 0.6 is 0 Å². The largest absolute Gasteiger partial charge is 0.378 e. The van der Waals surface area contributed by atoms with Crippen molar-refractivity contribution >= 4 is 5.91 Å². The van der Waals surface area contributed by atoms with Crippen LogP contribution in [0, 0.1) is 0 Å². The molecule has 20 heavy (non-hydrogen) atoms. The van der Waals surface area contributed by atoms with E-state index in [0.29, 0.717) is 19.3 Å². The topological polar surface area (TPSA) is 44.8 Å². The summed E-state index contributed by atoms with van der Waals surface area (Å²) in [7, 11) is 0. The van der Waals surface area contributed by atoms with Crippen molar-refractivity contribution in [3.8, 4) is 0 Å². The maximum absolute atomic E-state index is 12.6. The summed E-state index contributed by atoms with van der Waals surface area (Å²) in [6.07, 6.45) is 3.59. The van der Waals surface area contributed by atoms with Crippen LogP contribution in [-0.4, -0.2) is 73.7 Å². The smallest absolute Gasteiger partial charge is 0.239 e. The molecule has 0 spiro atoms. The maximum atomic E-state index is 12.6. The Balaban J connectivity index is 1.90. The fourth-order valence-electron chi connectivity index (χ4n) is 3.13. The first kappa shape index (κ1) is 15.7. The van der Waals surface area contributed by atoms with Gasteiger partial charge in [-0.25, -0.2) is 0 Å². The number of rotatable bonds is 6. The standard InChI is InChI=1S/C15H29N3O2/c1-3-7-18(12-14-5-4-6-16-14)13(2)15(19)17-8-10-20-11-9-17/h13-14,16H,3-12H2,1-2H3. The van der Waals surface area contributed by atoms with Crippen molar-refractivity contribution < 1.29 is 9.53 Å². The summed E-state index contributed by atoms with van der Waals surface area (Å²) in [6, 6.07) is 0.539. The van der Waals surface area contributed by atoms with Crippen molar-refractivity contribution in [1.82, 2.24) is 15.1 Å². The molecule has 2 aliphatic rings. The molecule has 2 rings (SSSR count). The Labute approximate surface area is 122 Å². The SMILES string of the molecule is CCCN(CC1CCCN1)C(C)C(=O)N1CCOCC1. The normalized spacial score (nSPS) is 25.1. The molecule has 0 aromatic heterocycles. The van der Waals surface area contributed by atoms with E-state index in [-0.39, 0.29) is 11.9 Å². The van der Waals surface area contributed by atoms with Gasteiger partial charge in [0.25, 0.3) is 0 Å². The quantitative estimate of drug-likeness (QED) is 0.779. The molecule has 0 aliphatic carbocycles. The van der Waals surface area contributed by atoms with Crippen molar-refractivity contribution in [2.24, 2.45) is 0 Å². The molecule has 2 heterocycles. The van der Waals surface area contributed by atoms with Crippen LogP contribution in [0.15, 0.2) is 0 Å². The number of carbonyl (C=O) groups is 1. The first-order valence-electron chi connectivity index (χ1n) is 8.06. The van der Waals surface area contributed by atoms with Crippen LogP contribution < -0.4 is 5.32 Å². The van der Waals surface area contributed by atoms with E-state index in [1.165, 1.54) is 12.8 Å². The molecule has 1 amide bonds. The van der Waals surface area contributed by atoms with Crippen LogP contribution in [0.5, 0.6) is 0 Å². The van der Waals surface area contributed by atoms with E-state index >= 15 is 0 Å². The predicted molar refractivity (Wildman–Crippen MR) is 79.7 cm³/mol. The summed E-state index contributed by atoms with van der Waals surface area (Å²) in [6.45, 7) is 10.2. The Kier molecular flexibility index (Phi) is 6.26. The van der Waals surface area contributed by atoms with Crippen molar-refractivity contribution in [3.05, 3.63) is 0 Å². The minimum atomic E-state index is -0.0181. The lowest BCUT2D eigenvalue weighted by molar-refractivity contribution is -0.140. The molecule has 0 saturated carbocycles. The molecule has 1 N–H and O–H groups in total. The van der Waals surface area contributed by atoms with E-state index in [1.54, 1.807) is 0 Å². The average Bonchev–Trinajstić information content (AvgIpc) is 2.99. The summed E-state index contributed by atoms with van der Waals surface area (Å²) in [5.41, 5.74) is 0. The summed E-state index contributed by atoms with van der Waals surface area (Å²) in [5, 5.41) is 3.53. The molecule has 5 heteroatoms. The first-order chi connectivity index (χ1) is 9.72. The Morgan fingerprint density at radius 2 is 2.20 bits per heavy atom.